The predicted molar refractivity (Wildman–Crippen MR) is 233 cm³/mol. The van der Waals surface area contributed by atoms with Crippen molar-refractivity contribution in [1.82, 2.24) is 5.32 Å². The molecule has 4 N–H and O–H groups in total. The van der Waals surface area contributed by atoms with Gasteiger partial charge < -0.3 is 44.3 Å². The minimum absolute atomic E-state index is 0.0274. The van der Waals surface area contributed by atoms with E-state index in [1.54, 1.807) is 69.3 Å². The second kappa shape index (κ2) is 16.4. The number of amides is 1. The lowest BCUT2D eigenvalue weighted by Gasteiger charge is -2.67. The minimum atomic E-state index is -2.37. The van der Waals surface area contributed by atoms with E-state index in [0.717, 1.165) is 45.4 Å². The first-order valence-corrected chi connectivity index (χ1v) is 23.3. The first kappa shape index (κ1) is 46.2. The molecule has 1 amide bonds. The van der Waals surface area contributed by atoms with Gasteiger partial charge in [-0.2, -0.15) is 0 Å². The molecular formula is C51H61NO14. The van der Waals surface area contributed by atoms with Crippen molar-refractivity contribution in [3.05, 3.63) is 82.9 Å². The zero-order valence-electron chi connectivity index (χ0n) is 38.3. The predicted octanol–water partition coefficient (Wildman–Crippen LogP) is 4.64. The molecule has 0 spiro atoms. The van der Waals surface area contributed by atoms with E-state index in [1.165, 1.54) is 26.0 Å². The highest BCUT2D eigenvalue weighted by Crippen LogP contribution is 2.65. The summed E-state index contributed by atoms with van der Waals surface area (Å²) in [5.41, 5.74) is -7.65. The fourth-order valence-corrected chi connectivity index (χ4v) is 14.1. The van der Waals surface area contributed by atoms with Crippen LogP contribution in [0.5, 0.6) is 0 Å². The third-order valence-electron chi connectivity index (χ3n) is 17.0. The highest BCUT2D eigenvalue weighted by Gasteiger charge is 2.78. The molecule has 11 atom stereocenters. The maximum Gasteiger partial charge on any atom is 0.338 e. The molecule has 7 aliphatic carbocycles. The summed E-state index contributed by atoms with van der Waals surface area (Å²) in [6.07, 6.45) is -4.74. The van der Waals surface area contributed by atoms with E-state index in [1.807, 2.05) is 0 Å². The van der Waals surface area contributed by atoms with Crippen LogP contribution in [-0.4, -0.2) is 105 Å². The van der Waals surface area contributed by atoms with Gasteiger partial charge in [-0.1, -0.05) is 62.4 Å². The topological polar surface area (TPSA) is 221 Å². The Bertz CT molecular complexity index is 2310. The third kappa shape index (κ3) is 7.13. The van der Waals surface area contributed by atoms with Crippen molar-refractivity contribution in [1.29, 1.82) is 0 Å². The van der Waals surface area contributed by atoms with Gasteiger partial charge in [-0.25, -0.2) is 9.59 Å². The molecule has 4 unspecified atom stereocenters. The van der Waals surface area contributed by atoms with Gasteiger partial charge in [0.25, 0.3) is 0 Å². The van der Waals surface area contributed by atoms with E-state index in [0.29, 0.717) is 23.3 Å². The minimum Gasteiger partial charge on any atom is -0.456 e. The summed E-state index contributed by atoms with van der Waals surface area (Å²) in [6, 6.07) is 15.3. The van der Waals surface area contributed by atoms with Gasteiger partial charge in [0.1, 0.15) is 23.9 Å². The number of hydrogen-bond acceptors (Lipinski definition) is 14. The Labute approximate surface area is 383 Å². The van der Waals surface area contributed by atoms with E-state index in [9.17, 15) is 39.3 Å². The molecule has 0 radical (unpaired) electrons. The molecule has 10 rings (SSSR count). The van der Waals surface area contributed by atoms with Crippen LogP contribution >= 0.6 is 0 Å². The number of hydrogen-bond donors (Lipinski definition) is 4. The van der Waals surface area contributed by atoms with Crippen LogP contribution < -0.4 is 5.32 Å². The maximum absolute atomic E-state index is 15.6. The monoisotopic (exact) mass is 911 g/mol. The zero-order valence-corrected chi connectivity index (χ0v) is 38.3. The van der Waals surface area contributed by atoms with Crippen molar-refractivity contribution in [2.45, 2.75) is 147 Å². The Hall–Kier alpha value is -4.96. The van der Waals surface area contributed by atoms with Crippen molar-refractivity contribution in [3.8, 4) is 0 Å². The van der Waals surface area contributed by atoms with Gasteiger partial charge in [-0.3, -0.25) is 19.2 Å². The summed E-state index contributed by atoms with van der Waals surface area (Å²) in [6.45, 7) is 8.15. The number of carbonyl (C=O) groups excluding carboxylic acids is 6. The summed E-state index contributed by atoms with van der Waals surface area (Å²) in [7, 11) is 0. The van der Waals surface area contributed by atoms with E-state index < -0.39 is 112 Å². The van der Waals surface area contributed by atoms with Crippen molar-refractivity contribution >= 4 is 35.6 Å². The molecule has 2 aromatic carbocycles. The normalized spacial score (nSPS) is 39.0. The number of esters is 4. The van der Waals surface area contributed by atoms with Gasteiger partial charge in [0.15, 0.2) is 23.6 Å². The summed E-state index contributed by atoms with van der Waals surface area (Å²) in [5, 5.41) is 41.1. The van der Waals surface area contributed by atoms with Gasteiger partial charge in [0.05, 0.1) is 35.6 Å². The Balaban J connectivity index is 1.14. The van der Waals surface area contributed by atoms with Crippen LogP contribution in [0.25, 0.3) is 0 Å². The van der Waals surface area contributed by atoms with E-state index in [2.05, 4.69) is 5.32 Å². The first-order chi connectivity index (χ1) is 31.1. The number of Topliss-reactive ketones (excluding diaryl/α,β-unsaturated/α-hetero) is 1. The molecule has 354 valence electrons. The standard InChI is InChI=1S/C51H61NO14/c1-26-34(64-45(59)39(56)38(32-13-9-7-10-14-32)52-46(60)49-21-29-17-30(22-49)19-31(18-29)23-49)24-51(61)43(65-44(58)33-15-11-8-12-16-33)41-48(6,35(55)20-36-50(41,25-62-36)66-28(3)54)42(57)40(63-27(2)53)37(26)47(51,4)5/h7-16,29-31,34-36,38-41,43,55-56,61H,17-25H2,1-6H3,(H,52,60)/t29?,30?,31?,34?,35-,36?,38-,39?,40+,41?,43-,48+,49?,50-,51+/m0/s1. The second-order valence-corrected chi connectivity index (χ2v) is 21.2. The highest BCUT2D eigenvalue weighted by molar-refractivity contribution is 5.95. The zero-order chi connectivity index (χ0) is 47.3. The lowest BCUT2D eigenvalue weighted by molar-refractivity contribution is -0.346. The Morgan fingerprint density at radius 1 is 0.803 bits per heavy atom. The number of ketones is 1. The number of nitrogens with one attached hydrogen (secondary N) is 1. The Morgan fingerprint density at radius 2 is 1.39 bits per heavy atom. The van der Waals surface area contributed by atoms with Gasteiger partial charge in [-0.15, -0.1) is 0 Å². The van der Waals surface area contributed by atoms with Crippen LogP contribution in [0.15, 0.2) is 71.8 Å². The van der Waals surface area contributed by atoms with Crippen molar-refractivity contribution in [2.75, 3.05) is 6.61 Å². The fourth-order valence-electron chi connectivity index (χ4n) is 14.1. The van der Waals surface area contributed by atoms with Crippen LogP contribution in [0.3, 0.4) is 0 Å². The summed E-state index contributed by atoms with van der Waals surface area (Å²) in [4.78, 5) is 85.2. The highest BCUT2D eigenvalue weighted by atomic mass is 16.6. The van der Waals surface area contributed by atoms with Gasteiger partial charge in [0.2, 0.25) is 5.91 Å². The number of ether oxygens (including phenoxy) is 5. The molecule has 6 bridgehead atoms. The number of carbonyl (C=O) groups is 6. The largest absolute Gasteiger partial charge is 0.456 e. The SMILES string of the molecule is CC(=O)O[C@H]1C(=O)[C@@]2(C)C([C@H](OC(=O)c3ccccc3)[C@]3(O)CC(OC(=O)C(O)[C@@H](NC(=O)C45CC6CC(CC(C6)C4)C5)c4ccccc4)C(C)=C1C3(C)C)[C@]1(OC(C)=O)COC1C[C@@H]2O. The maximum atomic E-state index is 15.6. The van der Waals surface area contributed by atoms with Crippen LogP contribution in [0.2, 0.25) is 0 Å². The molecule has 1 aliphatic heterocycles. The van der Waals surface area contributed by atoms with Crippen molar-refractivity contribution in [3.63, 3.8) is 0 Å². The van der Waals surface area contributed by atoms with Crippen molar-refractivity contribution in [2.24, 2.45) is 39.9 Å². The van der Waals surface area contributed by atoms with Crippen LogP contribution in [-0.2, 0) is 47.7 Å². The molecule has 2 aromatic rings. The summed E-state index contributed by atoms with van der Waals surface area (Å²) < 4.78 is 30.6. The molecule has 15 nitrogen and oxygen atoms in total. The Morgan fingerprint density at radius 3 is 1.94 bits per heavy atom. The number of aliphatic hydroxyl groups is 3. The lowest BCUT2D eigenvalue weighted by Crippen LogP contribution is -2.82. The average molecular weight is 912 g/mol. The molecule has 1 heterocycles. The molecular weight excluding hydrogens is 851 g/mol. The Kier molecular flexibility index (Phi) is 11.5. The van der Waals surface area contributed by atoms with Crippen LogP contribution in [0.1, 0.15) is 115 Å². The quantitative estimate of drug-likeness (QED) is 0.145. The molecule has 66 heavy (non-hydrogen) atoms. The average Bonchev–Trinajstić information content (AvgIpc) is 3.26. The van der Waals surface area contributed by atoms with Gasteiger partial charge in [0, 0.05) is 37.5 Å². The van der Waals surface area contributed by atoms with Crippen LogP contribution in [0, 0.1) is 39.9 Å². The molecule has 7 fully saturated rings. The molecule has 15 heteroatoms. The first-order valence-electron chi connectivity index (χ1n) is 23.3. The number of aliphatic hydroxyl groups excluding tert-OH is 2. The fraction of sp³-hybridized carbons (Fsp3) is 0.608. The summed E-state index contributed by atoms with van der Waals surface area (Å²) >= 11 is 0. The molecule has 6 saturated carbocycles. The van der Waals surface area contributed by atoms with Gasteiger partial charge in [-0.05, 0) is 99.0 Å². The smallest absolute Gasteiger partial charge is 0.338 e. The van der Waals surface area contributed by atoms with E-state index >= 15 is 4.79 Å². The number of rotatable bonds is 10. The van der Waals surface area contributed by atoms with Gasteiger partial charge >= 0.3 is 23.9 Å². The lowest BCUT2D eigenvalue weighted by atomic mass is 9.44. The molecule has 8 aliphatic rings. The molecule has 0 aromatic heterocycles. The number of fused-ring (bicyclic) bond motifs is 5. The molecule has 1 saturated heterocycles. The van der Waals surface area contributed by atoms with Crippen molar-refractivity contribution < 1.29 is 67.8 Å². The summed E-state index contributed by atoms with van der Waals surface area (Å²) in [5.74, 6) is -4.94. The second-order valence-electron chi connectivity index (χ2n) is 21.2. The van der Waals surface area contributed by atoms with E-state index in [4.69, 9.17) is 23.7 Å². The van der Waals surface area contributed by atoms with E-state index in [-0.39, 0.29) is 35.6 Å². The third-order valence-corrected chi connectivity index (χ3v) is 17.0. The number of benzene rings is 2. The van der Waals surface area contributed by atoms with Crippen LogP contribution in [0.4, 0.5) is 0 Å².